The molecule has 0 saturated heterocycles. The molecule has 2 heterocycles. The average molecular weight is 302 g/mol. The number of allylic oxidation sites excluding steroid dienone is 1. The zero-order valence-corrected chi connectivity index (χ0v) is 12.1. The molecule has 0 bridgehead atoms. The van der Waals surface area contributed by atoms with E-state index in [9.17, 15) is 5.26 Å². The maximum Gasteiger partial charge on any atom is 0.102 e. The van der Waals surface area contributed by atoms with Gasteiger partial charge in [-0.15, -0.1) is 22.7 Å². The first-order valence-electron chi connectivity index (χ1n) is 5.61. The van der Waals surface area contributed by atoms with Gasteiger partial charge in [0.15, 0.2) is 0 Å². The lowest BCUT2D eigenvalue weighted by Gasteiger charge is -2.01. The Hall–Kier alpha value is -1.60. The van der Waals surface area contributed by atoms with Crippen LogP contribution in [0.2, 0.25) is 0 Å². The van der Waals surface area contributed by atoms with E-state index in [1.807, 2.05) is 41.1 Å². The van der Waals surface area contributed by atoms with Crippen LogP contribution in [0.4, 0.5) is 0 Å². The maximum atomic E-state index is 9.36. The quantitative estimate of drug-likeness (QED) is 0.566. The third kappa shape index (κ3) is 2.19. The summed E-state index contributed by atoms with van der Waals surface area (Å²) in [5.41, 5.74) is 1.48. The molecule has 0 aliphatic carbocycles. The molecule has 0 saturated carbocycles. The van der Waals surface area contributed by atoms with Crippen molar-refractivity contribution in [2.45, 2.75) is 0 Å². The van der Waals surface area contributed by atoms with Gasteiger partial charge in [0.1, 0.15) is 6.07 Å². The second-order valence-corrected chi connectivity index (χ2v) is 6.16. The van der Waals surface area contributed by atoms with E-state index in [1.54, 1.807) is 11.3 Å². The van der Waals surface area contributed by atoms with Crippen LogP contribution in [0.1, 0.15) is 10.4 Å². The summed E-state index contributed by atoms with van der Waals surface area (Å²) in [5.74, 6) is 0. The Morgan fingerprint density at radius 2 is 1.95 bits per heavy atom. The van der Waals surface area contributed by atoms with Crippen LogP contribution in [-0.4, -0.2) is 0 Å². The van der Waals surface area contributed by atoms with Crippen LogP contribution >= 0.6 is 34.3 Å². The van der Waals surface area contributed by atoms with Crippen LogP contribution in [0.25, 0.3) is 20.7 Å². The van der Waals surface area contributed by atoms with E-state index >= 15 is 0 Å². The van der Waals surface area contributed by atoms with Gasteiger partial charge < -0.3 is 0 Å². The minimum absolute atomic E-state index is 0.530. The molecule has 0 aliphatic rings. The van der Waals surface area contributed by atoms with Crippen molar-refractivity contribution in [1.82, 2.24) is 0 Å². The Bertz CT molecular complexity index is 791. The summed E-state index contributed by atoms with van der Waals surface area (Å²) in [4.78, 5) is 0.905. The summed E-state index contributed by atoms with van der Waals surface area (Å²) in [5, 5.41) is 14.9. The zero-order valence-electron chi connectivity index (χ0n) is 9.76. The highest BCUT2D eigenvalue weighted by Gasteiger charge is 2.13. The Labute approximate surface area is 124 Å². The summed E-state index contributed by atoms with van der Waals surface area (Å²) in [6.45, 7) is 0. The van der Waals surface area contributed by atoms with Gasteiger partial charge >= 0.3 is 0 Å². The van der Waals surface area contributed by atoms with E-state index in [0.29, 0.717) is 10.6 Å². The Morgan fingerprint density at radius 1 is 1.11 bits per heavy atom. The van der Waals surface area contributed by atoms with E-state index in [4.69, 9.17) is 11.6 Å². The van der Waals surface area contributed by atoms with Gasteiger partial charge in [0, 0.05) is 25.9 Å². The third-order valence-corrected chi connectivity index (χ3v) is 5.06. The molecule has 19 heavy (non-hydrogen) atoms. The molecular formula is C15H8ClNS2. The fraction of sp³-hybridized carbons (Fsp3) is 0. The van der Waals surface area contributed by atoms with Crippen molar-refractivity contribution in [2.24, 2.45) is 0 Å². The van der Waals surface area contributed by atoms with Crippen LogP contribution in [0.5, 0.6) is 0 Å². The minimum atomic E-state index is 0.530. The van der Waals surface area contributed by atoms with E-state index in [2.05, 4.69) is 12.1 Å². The molecule has 0 unspecified atom stereocenters. The van der Waals surface area contributed by atoms with Gasteiger partial charge in [0.2, 0.25) is 0 Å². The molecule has 0 atom stereocenters. The molecule has 0 fully saturated rings. The molecular weight excluding hydrogens is 294 g/mol. The predicted octanol–water partition coefficient (Wildman–Crippen LogP) is 5.59. The summed E-state index contributed by atoms with van der Waals surface area (Å²) < 4.78 is 1.18. The van der Waals surface area contributed by atoms with Gasteiger partial charge in [0.25, 0.3) is 0 Å². The van der Waals surface area contributed by atoms with Crippen molar-refractivity contribution in [3.05, 3.63) is 57.6 Å². The molecule has 0 aliphatic heterocycles. The Kier molecular flexibility index (Phi) is 3.39. The normalized spacial score (nSPS) is 12.2. The third-order valence-electron chi connectivity index (χ3n) is 2.82. The van der Waals surface area contributed by atoms with Crippen molar-refractivity contribution in [3.63, 3.8) is 0 Å². The molecule has 3 aromatic rings. The predicted molar refractivity (Wildman–Crippen MR) is 84.4 cm³/mol. The molecule has 92 valence electrons. The minimum Gasteiger partial charge on any atom is -0.192 e. The van der Waals surface area contributed by atoms with E-state index in [0.717, 1.165) is 15.8 Å². The number of halogens is 1. The van der Waals surface area contributed by atoms with Crippen LogP contribution < -0.4 is 0 Å². The molecule has 0 radical (unpaired) electrons. The summed E-state index contributed by atoms with van der Waals surface area (Å²) in [7, 11) is 0. The Morgan fingerprint density at radius 3 is 2.68 bits per heavy atom. The van der Waals surface area contributed by atoms with Crippen molar-refractivity contribution >= 4 is 55.0 Å². The molecule has 3 rings (SSSR count). The number of hydrogen-bond donors (Lipinski definition) is 0. The lowest BCUT2D eigenvalue weighted by molar-refractivity contribution is 1.54. The van der Waals surface area contributed by atoms with Gasteiger partial charge in [0.05, 0.1) is 10.6 Å². The lowest BCUT2D eigenvalue weighted by Crippen LogP contribution is -1.81. The van der Waals surface area contributed by atoms with E-state index in [-0.39, 0.29) is 0 Å². The largest absolute Gasteiger partial charge is 0.192 e. The van der Waals surface area contributed by atoms with Gasteiger partial charge in [-0.1, -0.05) is 35.9 Å². The second kappa shape index (κ2) is 5.18. The highest BCUT2D eigenvalue weighted by molar-refractivity contribution is 7.17. The number of fused-ring (bicyclic) bond motifs is 1. The molecule has 1 aromatic carbocycles. The van der Waals surface area contributed by atoms with E-state index in [1.165, 1.54) is 16.0 Å². The first-order valence-corrected chi connectivity index (χ1v) is 7.75. The molecule has 0 amide bonds. The summed E-state index contributed by atoms with van der Waals surface area (Å²) in [6, 6.07) is 14.1. The summed E-state index contributed by atoms with van der Waals surface area (Å²) >= 11 is 9.62. The van der Waals surface area contributed by atoms with Crippen molar-refractivity contribution in [2.75, 3.05) is 0 Å². The molecule has 2 aromatic heterocycles. The second-order valence-electron chi connectivity index (χ2n) is 3.92. The first-order chi connectivity index (χ1) is 9.31. The van der Waals surface area contributed by atoms with Gasteiger partial charge in [-0.2, -0.15) is 5.26 Å². The van der Waals surface area contributed by atoms with Crippen molar-refractivity contribution in [1.29, 1.82) is 5.26 Å². The smallest absolute Gasteiger partial charge is 0.102 e. The molecule has 1 nitrogen and oxygen atoms in total. The highest BCUT2D eigenvalue weighted by Crippen LogP contribution is 2.37. The number of thiophene rings is 2. The van der Waals surface area contributed by atoms with Crippen molar-refractivity contribution in [3.8, 4) is 6.07 Å². The number of nitriles is 1. The number of rotatable bonds is 2. The standard InChI is InChI=1S/C15H8ClNS2/c16-15(11(8-17)14-6-3-7-18-14)12-9-19-13-5-2-1-4-10(12)13/h1-7,9H/b15-11-. The topological polar surface area (TPSA) is 23.8 Å². The average Bonchev–Trinajstić information content (AvgIpc) is 3.08. The van der Waals surface area contributed by atoms with Gasteiger partial charge in [-0.25, -0.2) is 0 Å². The summed E-state index contributed by atoms with van der Waals surface area (Å²) in [6.07, 6.45) is 0. The fourth-order valence-corrected chi connectivity index (χ4v) is 4.01. The monoisotopic (exact) mass is 301 g/mol. The van der Waals surface area contributed by atoms with Crippen LogP contribution in [0, 0.1) is 11.3 Å². The van der Waals surface area contributed by atoms with Gasteiger partial charge in [-0.3, -0.25) is 0 Å². The number of benzene rings is 1. The SMILES string of the molecule is N#C/C(=C(/Cl)c1csc2ccccc12)c1cccs1. The first kappa shape index (κ1) is 12.4. The van der Waals surface area contributed by atoms with E-state index < -0.39 is 0 Å². The Balaban J connectivity index is 2.23. The maximum absolute atomic E-state index is 9.36. The zero-order chi connectivity index (χ0) is 13.2. The molecule has 4 heteroatoms. The van der Waals surface area contributed by atoms with Gasteiger partial charge in [-0.05, 0) is 17.5 Å². The number of nitrogens with zero attached hydrogens (tertiary/aromatic N) is 1. The fourth-order valence-electron chi connectivity index (χ4n) is 1.92. The van der Waals surface area contributed by atoms with Crippen molar-refractivity contribution < 1.29 is 0 Å². The highest BCUT2D eigenvalue weighted by atomic mass is 35.5. The number of hydrogen-bond acceptors (Lipinski definition) is 3. The van der Waals surface area contributed by atoms with Crippen LogP contribution in [0.15, 0.2) is 47.2 Å². The molecule has 0 spiro atoms. The van der Waals surface area contributed by atoms with Crippen LogP contribution in [-0.2, 0) is 0 Å². The van der Waals surface area contributed by atoms with Crippen LogP contribution in [0.3, 0.4) is 0 Å². The lowest BCUT2D eigenvalue weighted by atomic mass is 10.1. The molecule has 0 N–H and O–H groups in total.